The zero-order valence-corrected chi connectivity index (χ0v) is 17.0. The number of carboxylic acids is 1. The van der Waals surface area contributed by atoms with Gasteiger partial charge in [0.15, 0.2) is 5.43 Å². The maximum Gasteiger partial charge on any atom is 0.341 e. The van der Waals surface area contributed by atoms with Crippen LogP contribution in [-0.2, 0) is 0 Å². The van der Waals surface area contributed by atoms with Crippen LogP contribution in [0.15, 0.2) is 29.2 Å². The summed E-state index contributed by atoms with van der Waals surface area (Å²) in [5, 5.41) is 9.78. The molecular weight excluding hydrogens is 382 g/mol. The molecule has 0 amide bonds. The van der Waals surface area contributed by atoms with E-state index in [0.717, 1.165) is 12.8 Å². The van der Waals surface area contributed by atoms with Crippen molar-refractivity contribution in [2.45, 2.75) is 39.7 Å². The highest BCUT2D eigenvalue weighted by atomic mass is 35.5. The van der Waals surface area contributed by atoms with Crippen LogP contribution in [0.3, 0.4) is 0 Å². The summed E-state index contributed by atoms with van der Waals surface area (Å²) in [6.45, 7) is 7.03. The molecule has 0 bridgehead atoms. The molecule has 1 unspecified atom stereocenters. The average Bonchev–Trinajstić information content (AvgIpc) is 2.78. The summed E-state index contributed by atoms with van der Waals surface area (Å²) in [5.74, 6) is 0.0158. The molecule has 0 saturated carbocycles. The Morgan fingerprint density at radius 1 is 1.39 bits per heavy atom. The van der Waals surface area contributed by atoms with Crippen molar-refractivity contribution >= 4 is 17.6 Å². The molecule has 150 valence electrons. The van der Waals surface area contributed by atoms with Gasteiger partial charge in [-0.3, -0.25) is 4.79 Å². The monoisotopic (exact) mass is 405 g/mol. The fourth-order valence-electron chi connectivity index (χ4n) is 3.26. The minimum Gasteiger partial charge on any atom is -0.492 e. The lowest BCUT2D eigenvalue weighted by atomic mass is 10.0. The van der Waals surface area contributed by atoms with Crippen molar-refractivity contribution < 1.29 is 19.4 Å². The number of carboxylic acid groups (broad SMARTS) is 1. The number of aromatic nitrogens is 1. The number of aromatic carboxylic acids is 1. The van der Waals surface area contributed by atoms with Gasteiger partial charge in [-0.15, -0.1) is 0 Å². The van der Waals surface area contributed by atoms with Crippen LogP contribution in [0.2, 0.25) is 5.02 Å². The molecular formula is C21H24ClNO5. The Hall–Kier alpha value is -2.47. The molecule has 0 spiro atoms. The standard InChI is InChI=1S/C21H24ClNO5/c1-4-5-6-27-20-9-19-13(7-15(20)22)16-8-18(24)14(21(25)26)10-23(16)17(11-28-19)12(2)3/h7-10,12,17H,4-6,11H2,1-3H3,(H,25,26). The summed E-state index contributed by atoms with van der Waals surface area (Å²) in [4.78, 5) is 23.8. The first-order chi connectivity index (χ1) is 13.3. The lowest BCUT2D eigenvalue weighted by molar-refractivity contribution is 0.0694. The number of fused-ring (bicyclic) bond motifs is 3. The molecule has 28 heavy (non-hydrogen) atoms. The van der Waals surface area contributed by atoms with E-state index in [1.807, 2.05) is 18.4 Å². The van der Waals surface area contributed by atoms with Crippen LogP contribution in [0.5, 0.6) is 11.5 Å². The number of ether oxygens (including phenoxy) is 2. The zero-order chi connectivity index (χ0) is 20.4. The van der Waals surface area contributed by atoms with Crippen molar-refractivity contribution in [2.75, 3.05) is 13.2 Å². The largest absolute Gasteiger partial charge is 0.492 e. The molecule has 0 saturated heterocycles. The summed E-state index contributed by atoms with van der Waals surface area (Å²) in [6, 6.07) is 4.67. The van der Waals surface area contributed by atoms with Crippen molar-refractivity contribution in [1.29, 1.82) is 0 Å². The maximum absolute atomic E-state index is 12.4. The second kappa shape index (κ2) is 8.27. The first-order valence-electron chi connectivity index (χ1n) is 9.42. The highest BCUT2D eigenvalue weighted by Crippen LogP contribution is 2.42. The maximum atomic E-state index is 12.4. The number of rotatable bonds is 6. The lowest BCUT2D eigenvalue weighted by Crippen LogP contribution is -2.25. The summed E-state index contributed by atoms with van der Waals surface area (Å²) in [5.41, 5.74) is 0.421. The molecule has 2 heterocycles. The van der Waals surface area contributed by atoms with Gasteiger partial charge in [-0.1, -0.05) is 38.8 Å². The van der Waals surface area contributed by atoms with Gasteiger partial charge in [-0.25, -0.2) is 4.79 Å². The SMILES string of the molecule is CCCCOc1cc2c(cc1Cl)-c1cc(=O)c(C(=O)O)cn1C(C(C)C)CO2. The van der Waals surface area contributed by atoms with Crippen molar-refractivity contribution in [3.8, 4) is 22.8 Å². The van der Waals surface area contributed by atoms with Crippen LogP contribution < -0.4 is 14.9 Å². The Bertz CT molecular complexity index is 951. The first-order valence-corrected chi connectivity index (χ1v) is 9.80. The highest BCUT2D eigenvalue weighted by Gasteiger charge is 2.27. The van der Waals surface area contributed by atoms with Crippen LogP contribution in [0, 0.1) is 5.92 Å². The summed E-state index contributed by atoms with van der Waals surface area (Å²) in [7, 11) is 0. The van der Waals surface area contributed by atoms with Gasteiger partial charge in [0.2, 0.25) is 0 Å². The van der Waals surface area contributed by atoms with E-state index < -0.39 is 11.4 Å². The normalized spacial score (nSPS) is 15.4. The second-order valence-electron chi connectivity index (χ2n) is 7.25. The number of nitrogens with zero attached hydrogens (tertiary/aromatic N) is 1. The van der Waals surface area contributed by atoms with Gasteiger partial charge in [0.1, 0.15) is 23.7 Å². The van der Waals surface area contributed by atoms with E-state index in [-0.39, 0.29) is 17.5 Å². The molecule has 1 aliphatic rings. The molecule has 1 aromatic heterocycles. The van der Waals surface area contributed by atoms with E-state index in [1.54, 1.807) is 12.1 Å². The van der Waals surface area contributed by atoms with Gasteiger partial charge in [0, 0.05) is 23.9 Å². The smallest absolute Gasteiger partial charge is 0.341 e. The number of hydrogen-bond donors (Lipinski definition) is 1. The molecule has 1 atom stereocenters. The molecule has 0 radical (unpaired) electrons. The Balaban J connectivity index is 2.16. The summed E-state index contributed by atoms with van der Waals surface area (Å²) >= 11 is 6.42. The van der Waals surface area contributed by atoms with Crippen LogP contribution >= 0.6 is 11.6 Å². The Morgan fingerprint density at radius 3 is 2.79 bits per heavy atom. The van der Waals surface area contributed by atoms with Gasteiger partial charge in [-0.2, -0.15) is 0 Å². The molecule has 0 aliphatic carbocycles. The first kappa shape index (κ1) is 20.3. The number of hydrogen-bond acceptors (Lipinski definition) is 4. The van der Waals surface area contributed by atoms with Crippen molar-refractivity contribution in [3.63, 3.8) is 0 Å². The second-order valence-corrected chi connectivity index (χ2v) is 7.66. The van der Waals surface area contributed by atoms with E-state index in [0.29, 0.717) is 41.0 Å². The average molecular weight is 406 g/mol. The topological polar surface area (TPSA) is 77.8 Å². The van der Waals surface area contributed by atoms with Crippen molar-refractivity contribution in [1.82, 2.24) is 4.57 Å². The fourth-order valence-corrected chi connectivity index (χ4v) is 3.48. The van der Waals surface area contributed by atoms with Gasteiger partial charge in [-0.05, 0) is 18.4 Å². The highest BCUT2D eigenvalue weighted by molar-refractivity contribution is 6.32. The molecule has 1 N–H and O–H groups in total. The molecule has 3 rings (SSSR count). The Kier molecular flexibility index (Phi) is 5.98. The Morgan fingerprint density at radius 2 is 2.14 bits per heavy atom. The summed E-state index contributed by atoms with van der Waals surface area (Å²) in [6.07, 6.45) is 3.33. The third-order valence-electron chi connectivity index (χ3n) is 4.91. The number of halogens is 1. The number of unbranched alkanes of at least 4 members (excludes halogenated alkanes) is 1. The molecule has 1 aliphatic heterocycles. The zero-order valence-electron chi connectivity index (χ0n) is 16.2. The van der Waals surface area contributed by atoms with Crippen LogP contribution in [0.4, 0.5) is 0 Å². The molecule has 0 fully saturated rings. The fraction of sp³-hybridized carbons (Fsp3) is 0.429. The molecule has 6 nitrogen and oxygen atoms in total. The van der Waals surface area contributed by atoms with Gasteiger partial charge in [0.05, 0.1) is 23.4 Å². The third kappa shape index (κ3) is 3.87. The van der Waals surface area contributed by atoms with E-state index >= 15 is 0 Å². The number of pyridine rings is 1. The van der Waals surface area contributed by atoms with Crippen molar-refractivity contribution in [2.24, 2.45) is 5.92 Å². The van der Waals surface area contributed by atoms with Gasteiger partial charge in [0.25, 0.3) is 0 Å². The number of carbonyl (C=O) groups is 1. The van der Waals surface area contributed by atoms with E-state index in [4.69, 9.17) is 21.1 Å². The van der Waals surface area contributed by atoms with E-state index in [9.17, 15) is 14.7 Å². The minimum absolute atomic E-state index is 0.135. The molecule has 2 aromatic rings. The third-order valence-corrected chi connectivity index (χ3v) is 5.21. The quantitative estimate of drug-likeness (QED) is 0.708. The van der Waals surface area contributed by atoms with Crippen LogP contribution in [0.25, 0.3) is 11.3 Å². The summed E-state index contributed by atoms with van der Waals surface area (Å²) < 4.78 is 13.6. The lowest BCUT2D eigenvalue weighted by Gasteiger charge is -2.24. The number of benzene rings is 1. The van der Waals surface area contributed by atoms with E-state index in [2.05, 4.69) is 6.92 Å². The molecule has 1 aromatic carbocycles. The van der Waals surface area contributed by atoms with Crippen molar-refractivity contribution in [3.05, 3.63) is 45.2 Å². The van der Waals surface area contributed by atoms with E-state index in [1.165, 1.54) is 12.3 Å². The van der Waals surface area contributed by atoms with Gasteiger partial charge < -0.3 is 19.1 Å². The molecule has 7 heteroatoms. The minimum atomic E-state index is -1.24. The predicted molar refractivity (Wildman–Crippen MR) is 108 cm³/mol. The Labute approximate surface area is 168 Å². The van der Waals surface area contributed by atoms with Crippen LogP contribution in [0.1, 0.15) is 50.0 Å². The predicted octanol–water partition coefficient (Wildman–Crippen LogP) is 4.64. The van der Waals surface area contributed by atoms with Gasteiger partial charge >= 0.3 is 5.97 Å². The van der Waals surface area contributed by atoms with Crippen LogP contribution in [-0.4, -0.2) is 28.9 Å².